The Bertz CT molecular complexity index is 1040. The van der Waals surface area contributed by atoms with Crippen molar-refractivity contribution in [1.29, 1.82) is 5.26 Å². The van der Waals surface area contributed by atoms with Gasteiger partial charge >= 0.3 is 0 Å². The van der Waals surface area contributed by atoms with Crippen molar-refractivity contribution in [2.75, 3.05) is 5.32 Å². The van der Waals surface area contributed by atoms with E-state index in [1.54, 1.807) is 36.4 Å². The van der Waals surface area contributed by atoms with Crippen LogP contribution >= 0.6 is 0 Å². The van der Waals surface area contributed by atoms with E-state index in [1.807, 2.05) is 50.2 Å². The maximum absolute atomic E-state index is 12.7. The molecule has 1 amide bonds. The Morgan fingerprint density at radius 2 is 1.85 bits per heavy atom. The number of rotatable bonds is 4. The minimum atomic E-state index is -0.445. The van der Waals surface area contributed by atoms with Crippen LogP contribution in [0.4, 0.5) is 5.69 Å². The first-order chi connectivity index (χ1) is 13.0. The quantitative estimate of drug-likeness (QED) is 0.571. The Balaban J connectivity index is 1.96. The van der Waals surface area contributed by atoms with Crippen LogP contribution in [0.3, 0.4) is 0 Å². The molecule has 6 nitrogen and oxygen atoms in total. The Hall–Kier alpha value is -3.72. The van der Waals surface area contributed by atoms with Gasteiger partial charge in [0.25, 0.3) is 5.91 Å². The molecule has 2 aromatic heterocycles. The molecule has 3 aromatic rings. The standard InChI is InChI=1S/C21H19N5O/c1-14-5-4-6-15(2)19(14)24-21(27)17(12-22)11-18-13-26(3)25-20(18)16-7-9-23-10-8-16/h4-11,13H,1-3H3,(H,24,27)/b17-11-. The molecule has 3 rings (SSSR count). The van der Waals surface area contributed by atoms with Gasteiger partial charge in [-0.1, -0.05) is 18.2 Å². The molecule has 6 heteroatoms. The maximum Gasteiger partial charge on any atom is 0.266 e. The number of nitrogens with one attached hydrogen (secondary N) is 1. The second kappa shape index (κ2) is 7.67. The van der Waals surface area contributed by atoms with Gasteiger partial charge in [0.1, 0.15) is 11.6 Å². The third-order valence-electron chi connectivity index (χ3n) is 4.20. The lowest BCUT2D eigenvalue weighted by Gasteiger charge is -2.10. The number of pyridine rings is 1. The normalized spacial score (nSPS) is 11.1. The zero-order valence-corrected chi connectivity index (χ0v) is 15.4. The number of carbonyl (C=O) groups is 1. The third-order valence-corrected chi connectivity index (χ3v) is 4.20. The molecule has 0 unspecified atom stereocenters. The molecule has 0 fully saturated rings. The molecular weight excluding hydrogens is 338 g/mol. The average molecular weight is 357 g/mol. The minimum Gasteiger partial charge on any atom is -0.321 e. The van der Waals surface area contributed by atoms with Crippen LogP contribution in [0.2, 0.25) is 0 Å². The molecule has 0 saturated carbocycles. The molecule has 1 N–H and O–H groups in total. The van der Waals surface area contributed by atoms with Crippen molar-refractivity contribution in [3.05, 3.63) is 71.2 Å². The maximum atomic E-state index is 12.7. The Morgan fingerprint density at radius 1 is 1.19 bits per heavy atom. The van der Waals surface area contributed by atoms with Crippen LogP contribution in [-0.2, 0) is 11.8 Å². The van der Waals surface area contributed by atoms with Gasteiger partial charge in [0, 0.05) is 42.5 Å². The largest absolute Gasteiger partial charge is 0.321 e. The monoisotopic (exact) mass is 357 g/mol. The van der Waals surface area contributed by atoms with Crippen LogP contribution in [0.5, 0.6) is 0 Å². The number of anilines is 1. The van der Waals surface area contributed by atoms with Gasteiger partial charge in [0.2, 0.25) is 0 Å². The molecule has 0 radical (unpaired) electrons. The number of hydrogen-bond acceptors (Lipinski definition) is 4. The van der Waals surface area contributed by atoms with Crippen molar-refractivity contribution < 1.29 is 4.79 Å². The number of nitrogens with zero attached hydrogens (tertiary/aromatic N) is 4. The van der Waals surface area contributed by atoms with Crippen LogP contribution in [0, 0.1) is 25.2 Å². The van der Waals surface area contributed by atoms with Crippen molar-refractivity contribution in [2.24, 2.45) is 7.05 Å². The molecule has 2 heterocycles. The lowest BCUT2D eigenvalue weighted by atomic mass is 10.1. The van der Waals surface area contributed by atoms with Crippen LogP contribution in [0.15, 0.2) is 54.5 Å². The van der Waals surface area contributed by atoms with E-state index in [4.69, 9.17) is 0 Å². The second-order valence-corrected chi connectivity index (χ2v) is 6.23. The summed E-state index contributed by atoms with van der Waals surface area (Å²) in [6.07, 6.45) is 6.69. The molecule has 0 saturated heterocycles. The molecule has 1 aromatic carbocycles. The highest BCUT2D eigenvalue weighted by Crippen LogP contribution is 2.24. The summed E-state index contributed by atoms with van der Waals surface area (Å²) in [5.74, 6) is -0.445. The molecule has 0 aliphatic rings. The molecule has 134 valence electrons. The zero-order chi connectivity index (χ0) is 19.4. The van der Waals surface area contributed by atoms with E-state index in [-0.39, 0.29) is 5.57 Å². The van der Waals surface area contributed by atoms with E-state index in [9.17, 15) is 10.1 Å². The summed E-state index contributed by atoms with van der Waals surface area (Å²) in [6.45, 7) is 3.84. The van der Waals surface area contributed by atoms with Crippen molar-refractivity contribution in [2.45, 2.75) is 13.8 Å². The number of carbonyl (C=O) groups excluding carboxylic acids is 1. The number of nitriles is 1. The highest BCUT2D eigenvalue weighted by atomic mass is 16.1. The van der Waals surface area contributed by atoms with Gasteiger partial charge in [0.05, 0.1) is 5.69 Å². The van der Waals surface area contributed by atoms with Gasteiger partial charge in [-0.15, -0.1) is 0 Å². The Morgan fingerprint density at radius 3 is 2.48 bits per heavy atom. The molecule has 0 spiro atoms. The Kier molecular flexibility index (Phi) is 5.13. The number of aromatic nitrogens is 3. The summed E-state index contributed by atoms with van der Waals surface area (Å²) in [6, 6.07) is 11.4. The van der Waals surface area contributed by atoms with Crippen LogP contribution in [-0.4, -0.2) is 20.7 Å². The highest BCUT2D eigenvalue weighted by molar-refractivity contribution is 6.10. The van der Waals surface area contributed by atoms with E-state index in [2.05, 4.69) is 15.4 Å². The van der Waals surface area contributed by atoms with E-state index in [0.717, 1.165) is 22.4 Å². The number of amides is 1. The van der Waals surface area contributed by atoms with E-state index < -0.39 is 5.91 Å². The van der Waals surface area contributed by atoms with Crippen molar-refractivity contribution in [3.63, 3.8) is 0 Å². The molecule has 27 heavy (non-hydrogen) atoms. The molecular formula is C21H19N5O. The first-order valence-electron chi connectivity index (χ1n) is 8.43. The minimum absolute atomic E-state index is 0.0148. The fourth-order valence-corrected chi connectivity index (χ4v) is 2.84. The lowest BCUT2D eigenvalue weighted by Crippen LogP contribution is -2.15. The number of para-hydroxylation sites is 1. The summed E-state index contributed by atoms with van der Waals surface area (Å²) in [7, 11) is 1.80. The number of hydrogen-bond donors (Lipinski definition) is 1. The first-order valence-corrected chi connectivity index (χ1v) is 8.43. The molecule has 0 bridgehead atoms. The topological polar surface area (TPSA) is 83.6 Å². The van der Waals surface area contributed by atoms with Crippen LogP contribution < -0.4 is 5.32 Å². The van der Waals surface area contributed by atoms with Gasteiger partial charge in [-0.3, -0.25) is 14.5 Å². The summed E-state index contributed by atoms with van der Waals surface area (Å²) in [5.41, 5.74) is 4.87. The zero-order valence-electron chi connectivity index (χ0n) is 15.4. The van der Waals surface area contributed by atoms with E-state index in [0.29, 0.717) is 11.3 Å². The first kappa shape index (κ1) is 18.1. The van der Waals surface area contributed by atoms with Gasteiger partial charge in [-0.2, -0.15) is 10.4 Å². The van der Waals surface area contributed by atoms with Crippen molar-refractivity contribution >= 4 is 17.7 Å². The predicted octanol–water partition coefficient (Wildman–Crippen LogP) is 3.64. The fourth-order valence-electron chi connectivity index (χ4n) is 2.84. The summed E-state index contributed by atoms with van der Waals surface area (Å²) < 4.78 is 1.65. The lowest BCUT2D eigenvalue weighted by molar-refractivity contribution is -0.112. The van der Waals surface area contributed by atoms with Gasteiger partial charge < -0.3 is 5.32 Å². The second-order valence-electron chi connectivity index (χ2n) is 6.23. The average Bonchev–Trinajstić information content (AvgIpc) is 3.03. The Labute approximate surface area is 157 Å². The smallest absolute Gasteiger partial charge is 0.266 e. The molecule has 0 aliphatic heterocycles. The molecule has 0 aliphatic carbocycles. The molecule has 0 atom stereocenters. The van der Waals surface area contributed by atoms with E-state index in [1.165, 1.54) is 0 Å². The van der Waals surface area contributed by atoms with Gasteiger partial charge in [-0.05, 0) is 43.2 Å². The number of benzene rings is 1. The third kappa shape index (κ3) is 3.93. The highest BCUT2D eigenvalue weighted by Gasteiger charge is 2.15. The van der Waals surface area contributed by atoms with Crippen LogP contribution in [0.25, 0.3) is 17.3 Å². The fraction of sp³-hybridized carbons (Fsp3) is 0.143. The van der Waals surface area contributed by atoms with Crippen molar-refractivity contribution in [1.82, 2.24) is 14.8 Å². The van der Waals surface area contributed by atoms with Gasteiger partial charge in [-0.25, -0.2) is 0 Å². The SMILES string of the molecule is Cc1cccc(C)c1NC(=O)/C(C#N)=C\c1cn(C)nc1-c1ccncc1. The predicted molar refractivity (Wildman–Crippen MR) is 105 cm³/mol. The van der Waals surface area contributed by atoms with Crippen LogP contribution in [0.1, 0.15) is 16.7 Å². The van der Waals surface area contributed by atoms with E-state index >= 15 is 0 Å². The number of aryl methyl sites for hydroxylation is 3. The summed E-state index contributed by atoms with van der Waals surface area (Å²) in [5, 5.41) is 16.8. The summed E-state index contributed by atoms with van der Waals surface area (Å²) >= 11 is 0. The van der Waals surface area contributed by atoms with Crippen molar-refractivity contribution in [3.8, 4) is 17.3 Å². The summed E-state index contributed by atoms with van der Waals surface area (Å²) in [4.78, 5) is 16.7. The van der Waals surface area contributed by atoms with Gasteiger partial charge in [0.15, 0.2) is 0 Å².